The first-order valence-corrected chi connectivity index (χ1v) is 13.8. The predicted molar refractivity (Wildman–Crippen MR) is 146 cm³/mol. The monoisotopic (exact) mass is 549 g/mol. The summed E-state index contributed by atoms with van der Waals surface area (Å²) in [5.74, 6) is 1.28. The van der Waals surface area contributed by atoms with Gasteiger partial charge in [-0.1, -0.05) is 72.4 Å². The standard InChI is InChI=1S/C29H26F3N5OS/c30-29(31,32)20-11-12-24-25(17-20)34-27(33-24)36-15-13-23-22(18-36)26(38)37(21-9-5-2-6-10-21)28(35-23)39-16-14-19-7-3-1-4-8-19/h1-12,17,24-25H,13-16,18H2,(H,33,34). The number of guanidine groups is 1. The number of alkyl halides is 3. The Morgan fingerprint density at radius 1 is 1.05 bits per heavy atom. The number of allylic oxidation sites excluding steroid dienone is 2. The number of halogens is 3. The number of aliphatic imine (C=N–C) groups is 1. The van der Waals surface area contributed by atoms with Crippen LogP contribution in [0.5, 0.6) is 0 Å². The summed E-state index contributed by atoms with van der Waals surface area (Å²) in [7, 11) is 0. The molecule has 1 aliphatic carbocycles. The van der Waals surface area contributed by atoms with Crippen LogP contribution in [-0.2, 0) is 19.4 Å². The fourth-order valence-electron chi connectivity index (χ4n) is 5.05. The lowest BCUT2D eigenvalue weighted by Crippen LogP contribution is -2.47. The van der Waals surface area contributed by atoms with Crippen molar-refractivity contribution in [3.05, 3.63) is 112 Å². The molecular formula is C29H26F3N5OS. The molecule has 2 aliphatic heterocycles. The molecule has 0 bridgehead atoms. The number of aromatic nitrogens is 2. The quantitative estimate of drug-likeness (QED) is 0.370. The summed E-state index contributed by atoms with van der Waals surface area (Å²) in [6, 6.07) is 18.7. The average molecular weight is 550 g/mol. The van der Waals surface area contributed by atoms with E-state index in [9.17, 15) is 18.0 Å². The molecule has 3 heterocycles. The van der Waals surface area contributed by atoms with Crippen LogP contribution in [-0.4, -0.2) is 51.0 Å². The van der Waals surface area contributed by atoms with Crippen molar-refractivity contribution in [1.82, 2.24) is 19.8 Å². The Kier molecular flexibility index (Phi) is 6.80. The van der Waals surface area contributed by atoms with Crippen molar-refractivity contribution in [3.63, 3.8) is 0 Å². The molecule has 3 aromatic rings. The maximum atomic E-state index is 13.9. The van der Waals surface area contributed by atoms with Crippen molar-refractivity contribution in [1.29, 1.82) is 0 Å². The van der Waals surface area contributed by atoms with Gasteiger partial charge in [0.05, 0.1) is 41.1 Å². The van der Waals surface area contributed by atoms with Gasteiger partial charge in [-0.15, -0.1) is 0 Å². The van der Waals surface area contributed by atoms with Crippen molar-refractivity contribution in [3.8, 4) is 5.69 Å². The highest BCUT2D eigenvalue weighted by Crippen LogP contribution is 2.32. The first-order valence-electron chi connectivity index (χ1n) is 12.8. The van der Waals surface area contributed by atoms with Gasteiger partial charge >= 0.3 is 6.18 Å². The molecule has 0 spiro atoms. The maximum Gasteiger partial charge on any atom is 0.416 e. The molecule has 200 valence electrons. The maximum absolute atomic E-state index is 13.9. The second-order valence-corrected chi connectivity index (χ2v) is 10.7. The lowest BCUT2D eigenvalue weighted by atomic mass is 9.99. The third-order valence-corrected chi connectivity index (χ3v) is 8.01. The molecule has 2 unspecified atom stereocenters. The van der Waals surface area contributed by atoms with Crippen molar-refractivity contribution < 1.29 is 13.2 Å². The summed E-state index contributed by atoms with van der Waals surface area (Å²) in [6.45, 7) is 0.849. The van der Waals surface area contributed by atoms with Crippen LogP contribution in [0.1, 0.15) is 16.8 Å². The Morgan fingerprint density at radius 3 is 2.54 bits per heavy atom. The number of fused-ring (bicyclic) bond motifs is 2. The topological polar surface area (TPSA) is 62.5 Å². The first kappa shape index (κ1) is 25.5. The summed E-state index contributed by atoms with van der Waals surface area (Å²) in [5.41, 5.74) is 2.51. The van der Waals surface area contributed by atoms with E-state index in [2.05, 4.69) is 22.4 Å². The number of benzene rings is 2. The highest BCUT2D eigenvalue weighted by Gasteiger charge is 2.39. The van der Waals surface area contributed by atoms with Crippen LogP contribution in [0.25, 0.3) is 5.69 Å². The molecule has 2 aromatic carbocycles. The van der Waals surface area contributed by atoms with E-state index in [0.29, 0.717) is 29.6 Å². The highest BCUT2D eigenvalue weighted by molar-refractivity contribution is 7.99. The summed E-state index contributed by atoms with van der Waals surface area (Å²) in [4.78, 5) is 25.4. The van der Waals surface area contributed by atoms with E-state index >= 15 is 0 Å². The Bertz CT molecular complexity index is 1520. The number of hydrogen-bond acceptors (Lipinski definition) is 6. The average Bonchev–Trinajstić information content (AvgIpc) is 3.37. The molecule has 0 saturated heterocycles. The van der Waals surface area contributed by atoms with E-state index in [1.807, 2.05) is 53.4 Å². The zero-order valence-corrected chi connectivity index (χ0v) is 21.8. The fraction of sp³-hybridized carbons (Fsp3) is 0.276. The van der Waals surface area contributed by atoms with E-state index in [-0.39, 0.29) is 12.1 Å². The lowest BCUT2D eigenvalue weighted by Gasteiger charge is -2.30. The van der Waals surface area contributed by atoms with Crippen molar-refractivity contribution >= 4 is 17.7 Å². The van der Waals surface area contributed by atoms with Gasteiger partial charge in [0.2, 0.25) is 0 Å². The van der Waals surface area contributed by atoms with Gasteiger partial charge in [-0.2, -0.15) is 13.2 Å². The van der Waals surface area contributed by atoms with Crippen LogP contribution < -0.4 is 10.9 Å². The fourth-order valence-corrected chi connectivity index (χ4v) is 6.06. The summed E-state index contributed by atoms with van der Waals surface area (Å²) < 4.78 is 41.3. The van der Waals surface area contributed by atoms with E-state index in [1.54, 1.807) is 16.3 Å². The summed E-state index contributed by atoms with van der Waals surface area (Å²) in [6.07, 6.45) is 0.743. The number of nitrogens with zero attached hydrogens (tertiary/aromatic N) is 4. The lowest BCUT2D eigenvalue weighted by molar-refractivity contribution is -0.0887. The molecular weight excluding hydrogens is 523 g/mol. The van der Waals surface area contributed by atoms with Crippen LogP contribution in [0, 0.1) is 0 Å². The number of para-hydroxylation sites is 1. The van der Waals surface area contributed by atoms with Gasteiger partial charge in [0.15, 0.2) is 11.1 Å². The minimum atomic E-state index is -4.40. The molecule has 6 rings (SSSR count). The van der Waals surface area contributed by atoms with Gasteiger partial charge < -0.3 is 10.2 Å². The molecule has 0 fully saturated rings. The van der Waals surface area contributed by atoms with Crippen LogP contribution in [0.4, 0.5) is 13.2 Å². The Labute approximate surface area is 228 Å². The molecule has 0 saturated carbocycles. The molecule has 0 radical (unpaired) electrons. The van der Waals surface area contributed by atoms with Gasteiger partial charge in [0.1, 0.15) is 0 Å². The Hall–Kier alpha value is -3.79. The van der Waals surface area contributed by atoms with Crippen molar-refractivity contribution in [2.75, 3.05) is 12.3 Å². The van der Waals surface area contributed by atoms with Gasteiger partial charge in [0.25, 0.3) is 5.56 Å². The first-order chi connectivity index (χ1) is 18.9. The second-order valence-electron chi connectivity index (χ2n) is 9.64. The van der Waals surface area contributed by atoms with Crippen molar-refractivity contribution in [2.24, 2.45) is 4.99 Å². The predicted octanol–water partition coefficient (Wildman–Crippen LogP) is 4.68. The molecule has 2 atom stereocenters. The van der Waals surface area contributed by atoms with E-state index in [1.165, 1.54) is 17.7 Å². The molecule has 1 N–H and O–H groups in total. The van der Waals surface area contributed by atoms with Gasteiger partial charge in [0, 0.05) is 18.7 Å². The zero-order valence-electron chi connectivity index (χ0n) is 20.9. The van der Waals surface area contributed by atoms with Gasteiger partial charge in [-0.05, 0) is 30.2 Å². The van der Waals surface area contributed by atoms with Crippen molar-refractivity contribution in [2.45, 2.75) is 42.8 Å². The molecule has 0 amide bonds. The van der Waals surface area contributed by atoms with Crippen LogP contribution in [0.15, 0.2) is 99.4 Å². The molecule has 3 aliphatic rings. The van der Waals surface area contributed by atoms with Crippen LogP contribution >= 0.6 is 11.8 Å². The number of thioether (sulfide) groups is 1. The third-order valence-electron chi connectivity index (χ3n) is 7.07. The summed E-state index contributed by atoms with van der Waals surface area (Å²) >= 11 is 1.56. The minimum Gasteiger partial charge on any atom is -0.347 e. The highest BCUT2D eigenvalue weighted by atomic mass is 32.2. The molecule has 39 heavy (non-hydrogen) atoms. The number of nitrogens with one attached hydrogen (secondary N) is 1. The third kappa shape index (κ3) is 5.25. The van der Waals surface area contributed by atoms with E-state index in [4.69, 9.17) is 4.98 Å². The summed E-state index contributed by atoms with van der Waals surface area (Å²) in [5, 5.41) is 3.79. The zero-order chi connectivity index (χ0) is 27.0. The second kappa shape index (κ2) is 10.4. The Morgan fingerprint density at radius 2 is 1.79 bits per heavy atom. The molecule has 6 nitrogen and oxygen atoms in total. The molecule has 1 aromatic heterocycles. The van der Waals surface area contributed by atoms with Gasteiger partial charge in [-0.3, -0.25) is 9.36 Å². The number of rotatable bonds is 5. The smallest absolute Gasteiger partial charge is 0.347 e. The van der Waals surface area contributed by atoms with E-state index < -0.39 is 23.8 Å². The number of hydrogen-bond donors (Lipinski definition) is 1. The largest absolute Gasteiger partial charge is 0.416 e. The molecule has 10 heteroatoms. The van der Waals surface area contributed by atoms with Crippen LogP contribution in [0.3, 0.4) is 0 Å². The normalized spacial score (nSPS) is 20.1. The van der Waals surface area contributed by atoms with Crippen LogP contribution in [0.2, 0.25) is 0 Å². The minimum absolute atomic E-state index is 0.131. The number of aryl methyl sites for hydroxylation is 1. The Balaban J connectivity index is 1.26. The SMILES string of the molecule is O=c1c2c(nc(SCCc3ccccc3)n1-c1ccccc1)CCN(C1=NC3C=CC(C(F)(F)F)=CC3N1)C2. The van der Waals surface area contributed by atoms with Gasteiger partial charge in [-0.25, -0.2) is 9.98 Å². The van der Waals surface area contributed by atoms with E-state index in [0.717, 1.165) is 29.6 Å².